The largest absolute Gasteiger partial charge is 0.336 e. The molecule has 1 N–H and O–H groups in total. The first-order valence-corrected chi connectivity index (χ1v) is 9.68. The number of hydrogen-bond donors (Lipinski definition) is 1. The Labute approximate surface area is 168 Å². The van der Waals surface area contributed by atoms with Crippen molar-refractivity contribution < 1.29 is 4.79 Å². The van der Waals surface area contributed by atoms with Crippen LogP contribution in [0.2, 0.25) is 0 Å². The van der Waals surface area contributed by atoms with Gasteiger partial charge in [0.05, 0.1) is 17.6 Å². The molecule has 0 saturated carbocycles. The second kappa shape index (κ2) is 7.35. The molecule has 1 amide bonds. The van der Waals surface area contributed by atoms with Crippen molar-refractivity contribution in [1.29, 1.82) is 0 Å². The van der Waals surface area contributed by atoms with Gasteiger partial charge in [0.1, 0.15) is 0 Å². The molecule has 7 heteroatoms. The summed E-state index contributed by atoms with van der Waals surface area (Å²) in [5.41, 5.74) is 5.61. The van der Waals surface area contributed by atoms with E-state index in [9.17, 15) is 4.79 Å². The molecule has 0 atom stereocenters. The molecule has 1 aliphatic heterocycles. The van der Waals surface area contributed by atoms with E-state index in [-0.39, 0.29) is 5.91 Å². The van der Waals surface area contributed by atoms with Crippen LogP contribution in [0.4, 0.5) is 0 Å². The summed E-state index contributed by atoms with van der Waals surface area (Å²) in [6.45, 7) is 1.25. The van der Waals surface area contributed by atoms with Crippen LogP contribution in [0.25, 0.3) is 16.9 Å². The number of carbonyl (C=O) groups is 1. The predicted octanol–water partition coefficient (Wildman–Crippen LogP) is 2.90. The number of fused-ring (bicyclic) bond motifs is 1. The summed E-state index contributed by atoms with van der Waals surface area (Å²) in [6.07, 6.45) is 3.20. The van der Waals surface area contributed by atoms with Gasteiger partial charge in [0.2, 0.25) is 0 Å². The fraction of sp³-hybridized carbons (Fsp3) is 0.182. The van der Waals surface area contributed by atoms with Crippen molar-refractivity contribution in [3.05, 3.63) is 83.8 Å². The summed E-state index contributed by atoms with van der Waals surface area (Å²) in [5.74, 6) is -0.0912. The summed E-state index contributed by atoms with van der Waals surface area (Å²) in [6, 6.07) is 19.8. The lowest BCUT2D eigenvalue weighted by Crippen LogP contribution is -2.33. The van der Waals surface area contributed by atoms with E-state index in [1.165, 1.54) is 5.56 Å². The Bertz CT molecular complexity index is 1130. The van der Waals surface area contributed by atoms with Crippen molar-refractivity contribution in [2.75, 3.05) is 13.1 Å². The topological polar surface area (TPSA) is 79.7 Å². The van der Waals surface area contributed by atoms with Crippen LogP contribution in [0.15, 0.2) is 66.9 Å². The molecule has 29 heavy (non-hydrogen) atoms. The van der Waals surface area contributed by atoms with Crippen LogP contribution >= 0.6 is 0 Å². The quantitative estimate of drug-likeness (QED) is 0.589. The standard InChI is InChI=1S/C22H20N6O/c29-22(20-15-28(26-24-20)17-9-5-2-6-10-17)27-13-11-18-19(12-14-27)23-25-21(18)16-7-3-1-4-8-16/h1-10,15H,11-14H2,(H,23,25). The first kappa shape index (κ1) is 17.4. The molecular weight excluding hydrogens is 364 g/mol. The highest BCUT2D eigenvalue weighted by Gasteiger charge is 2.25. The molecule has 4 aromatic rings. The van der Waals surface area contributed by atoms with Gasteiger partial charge in [-0.2, -0.15) is 5.10 Å². The van der Waals surface area contributed by atoms with E-state index < -0.39 is 0 Å². The molecule has 0 fully saturated rings. The van der Waals surface area contributed by atoms with Crippen LogP contribution in [0.1, 0.15) is 21.7 Å². The van der Waals surface area contributed by atoms with Gasteiger partial charge in [0.15, 0.2) is 5.69 Å². The molecular formula is C22H20N6O. The van der Waals surface area contributed by atoms with Gasteiger partial charge in [0, 0.05) is 36.3 Å². The maximum Gasteiger partial charge on any atom is 0.276 e. The normalized spacial score (nSPS) is 13.7. The van der Waals surface area contributed by atoms with Crippen LogP contribution in [0.3, 0.4) is 0 Å². The van der Waals surface area contributed by atoms with Crippen LogP contribution in [0.5, 0.6) is 0 Å². The third-order valence-corrected chi connectivity index (χ3v) is 5.28. The van der Waals surface area contributed by atoms with Crippen LogP contribution in [-0.4, -0.2) is 49.1 Å². The number of aromatic amines is 1. The molecule has 0 aliphatic carbocycles. The van der Waals surface area contributed by atoms with Crippen molar-refractivity contribution in [2.45, 2.75) is 12.8 Å². The zero-order valence-electron chi connectivity index (χ0n) is 15.8. The monoisotopic (exact) mass is 384 g/mol. The highest BCUT2D eigenvalue weighted by molar-refractivity contribution is 5.92. The highest BCUT2D eigenvalue weighted by atomic mass is 16.2. The van der Waals surface area contributed by atoms with Crippen LogP contribution < -0.4 is 0 Å². The Balaban J connectivity index is 1.34. The molecule has 5 rings (SSSR count). The molecule has 2 aromatic heterocycles. The van der Waals surface area contributed by atoms with Gasteiger partial charge >= 0.3 is 0 Å². The van der Waals surface area contributed by atoms with Gasteiger partial charge in [0.25, 0.3) is 5.91 Å². The lowest BCUT2D eigenvalue weighted by molar-refractivity contribution is 0.0757. The number of nitrogens with zero attached hydrogens (tertiary/aromatic N) is 5. The van der Waals surface area contributed by atoms with Crippen molar-refractivity contribution in [2.24, 2.45) is 0 Å². The van der Waals surface area contributed by atoms with Crippen molar-refractivity contribution in [3.63, 3.8) is 0 Å². The third kappa shape index (κ3) is 3.31. The maximum absolute atomic E-state index is 13.0. The maximum atomic E-state index is 13.0. The second-order valence-corrected chi connectivity index (χ2v) is 7.07. The summed E-state index contributed by atoms with van der Waals surface area (Å²) >= 11 is 0. The Morgan fingerprint density at radius 3 is 2.45 bits per heavy atom. The Morgan fingerprint density at radius 1 is 0.931 bits per heavy atom. The smallest absolute Gasteiger partial charge is 0.276 e. The minimum Gasteiger partial charge on any atom is -0.336 e. The Morgan fingerprint density at radius 2 is 1.66 bits per heavy atom. The molecule has 3 heterocycles. The number of benzene rings is 2. The van der Waals surface area contributed by atoms with E-state index in [4.69, 9.17) is 0 Å². The van der Waals surface area contributed by atoms with Crippen molar-refractivity contribution in [1.82, 2.24) is 30.1 Å². The molecule has 0 radical (unpaired) electrons. The van der Waals surface area contributed by atoms with Crippen molar-refractivity contribution >= 4 is 5.91 Å². The number of hydrogen-bond acceptors (Lipinski definition) is 4. The molecule has 2 aromatic carbocycles. The van der Waals surface area contributed by atoms with Crippen LogP contribution in [0, 0.1) is 0 Å². The van der Waals surface area contributed by atoms with E-state index in [2.05, 4.69) is 32.6 Å². The number of H-pyrrole nitrogens is 1. The Hall–Kier alpha value is -3.74. The van der Waals surface area contributed by atoms with E-state index >= 15 is 0 Å². The fourth-order valence-electron chi connectivity index (χ4n) is 3.75. The molecule has 0 bridgehead atoms. The minimum absolute atomic E-state index is 0.0912. The number of nitrogens with one attached hydrogen (secondary N) is 1. The predicted molar refractivity (Wildman–Crippen MR) is 109 cm³/mol. The van der Waals surface area contributed by atoms with Gasteiger partial charge < -0.3 is 4.90 Å². The van der Waals surface area contributed by atoms with Gasteiger partial charge in [-0.15, -0.1) is 5.10 Å². The SMILES string of the molecule is O=C(c1cn(-c2ccccc2)nn1)N1CCc2[nH]nc(-c3ccccc3)c2CC1. The lowest BCUT2D eigenvalue weighted by atomic mass is 10.0. The average Bonchev–Trinajstić information content (AvgIpc) is 3.38. The van der Waals surface area contributed by atoms with Crippen LogP contribution in [-0.2, 0) is 12.8 Å². The van der Waals surface area contributed by atoms with Gasteiger partial charge in [-0.25, -0.2) is 4.68 Å². The molecule has 7 nitrogen and oxygen atoms in total. The first-order valence-electron chi connectivity index (χ1n) is 9.68. The number of carbonyl (C=O) groups excluding carboxylic acids is 1. The zero-order chi connectivity index (χ0) is 19.6. The number of rotatable bonds is 3. The highest BCUT2D eigenvalue weighted by Crippen LogP contribution is 2.26. The molecule has 0 saturated heterocycles. The number of aromatic nitrogens is 5. The second-order valence-electron chi connectivity index (χ2n) is 7.07. The van der Waals surface area contributed by atoms with Gasteiger partial charge in [-0.05, 0) is 18.6 Å². The zero-order valence-corrected chi connectivity index (χ0v) is 15.8. The molecule has 1 aliphatic rings. The van der Waals surface area contributed by atoms with E-state index in [1.807, 2.05) is 53.4 Å². The number of amides is 1. The summed E-state index contributed by atoms with van der Waals surface area (Å²) in [7, 11) is 0. The average molecular weight is 384 g/mol. The molecule has 0 unspecified atom stereocenters. The van der Waals surface area contributed by atoms with Gasteiger partial charge in [-0.3, -0.25) is 9.89 Å². The third-order valence-electron chi connectivity index (χ3n) is 5.28. The first-order chi connectivity index (χ1) is 14.3. The van der Waals surface area contributed by atoms with E-state index in [1.54, 1.807) is 10.9 Å². The summed E-state index contributed by atoms with van der Waals surface area (Å²) < 4.78 is 1.63. The Kier molecular flexibility index (Phi) is 4.40. The van der Waals surface area contributed by atoms with Crippen molar-refractivity contribution in [3.8, 4) is 16.9 Å². The lowest BCUT2D eigenvalue weighted by Gasteiger charge is -2.18. The summed E-state index contributed by atoms with van der Waals surface area (Å²) in [4.78, 5) is 14.9. The fourth-order valence-corrected chi connectivity index (χ4v) is 3.75. The molecule has 0 spiro atoms. The summed E-state index contributed by atoms with van der Waals surface area (Å²) in [5, 5.41) is 15.9. The minimum atomic E-state index is -0.0912. The number of para-hydroxylation sites is 1. The van der Waals surface area contributed by atoms with E-state index in [0.717, 1.165) is 35.5 Å². The molecule has 144 valence electrons. The van der Waals surface area contributed by atoms with E-state index in [0.29, 0.717) is 18.8 Å². The van der Waals surface area contributed by atoms with Gasteiger partial charge in [-0.1, -0.05) is 53.7 Å².